The number of rotatable bonds is 7. The predicted molar refractivity (Wildman–Crippen MR) is 127 cm³/mol. The van der Waals surface area contributed by atoms with Crippen LogP contribution in [-0.2, 0) is 12.8 Å². The molecule has 4 aromatic carbocycles. The van der Waals surface area contributed by atoms with Crippen molar-refractivity contribution < 1.29 is 10.2 Å². The molecule has 2 N–H and O–H groups in total. The molecule has 0 atom stereocenters. The molecule has 0 fully saturated rings. The van der Waals surface area contributed by atoms with Crippen LogP contribution in [0.4, 0.5) is 0 Å². The second kappa shape index (κ2) is 8.79. The molecule has 30 heavy (non-hydrogen) atoms. The molecular weight excluding hydrogens is 368 g/mol. The first-order valence-corrected chi connectivity index (χ1v) is 11.1. The lowest BCUT2D eigenvalue weighted by molar-refractivity contribution is 0.472. The zero-order valence-corrected chi connectivity index (χ0v) is 17.9. The fourth-order valence-electron chi connectivity index (χ4n) is 4.40. The quantitative estimate of drug-likeness (QED) is 0.334. The van der Waals surface area contributed by atoms with E-state index in [-0.39, 0.29) is 0 Å². The Bertz CT molecular complexity index is 1100. The van der Waals surface area contributed by atoms with Crippen LogP contribution in [-0.4, -0.2) is 10.2 Å². The molecule has 0 aliphatic carbocycles. The number of hydrogen-bond acceptors (Lipinski definition) is 2. The fourth-order valence-corrected chi connectivity index (χ4v) is 4.40. The van der Waals surface area contributed by atoms with Gasteiger partial charge in [0.1, 0.15) is 11.5 Å². The molecule has 2 nitrogen and oxygen atoms in total. The van der Waals surface area contributed by atoms with E-state index in [0.29, 0.717) is 11.5 Å². The Morgan fingerprint density at radius 1 is 0.567 bits per heavy atom. The van der Waals surface area contributed by atoms with Crippen LogP contribution < -0.4 is 0 Å². The summed E-state index contributed by atoms with van der Waals surface area (Å²) in [5, 5.41) is 25.8. The van der Waals surface area contributed by atoms with Gasteiger partial charge in [-0.1, -0.05) is 75.2 Å². The molecule has 4 rings (SSSR count). The first-order valence-electron chi connectivity index (χ1n) is 11.1. The van der Waals surface area contributed by atoms with Crippen LogP contribution in [0.3, 0.4) is 0 Å². The SMILES string of the molecule is CCCCc1cc(-c2cc(CCCC)c(O)c3ccccc23)c2ccccc2c1O. The van der Waals surface area contributed by atoms with E-state index in [0.717, 1.165) is 82.3 Å². The van der Waals surface area contributed by atoms with Gasteiger partial charge in [0.05, 0.1) is 0 Å². The Balaban J connectivity index is 2.04. The van der Waals surface area contributed by atoms with Gasteiger partial charge in [-0.15, -0.1) is 0 Å². The number of fused-ring (bicyclic) bond motifs is 2. The lowest BCUT2D eigenvalue weighted by atomic mass is 9.88. The summed E-state index contributed by atoms with van der Waals surface area (Å²) in [4.78, 5) is 0. The summed E-state index contributed by atoms with van der Waals surface area (Å²) < 4.78 is 0. The van der Waals surface area contributed by atoms with Gasteiger partial charge in [-0.25, -0.2) is 0 Å². The average Bonchev–Trinajstić information content (AvgIpc) is 2.79. The van der Waals surface area contributed by atoms with Crippen LogP contribution in [0, 0.1) is 0 Å². The summed E-state index contributed by atoms with van der Waals surface area (Å²) in [7, 11) is 0. The number of phenolic OH excluding ortho intramolecular Hbond substituents is 2. The normalized spacial score (nSPS) is 11.4. The van der Waals surface area contributed by atoms with Crippen molar-refractivity contribution in [3.8, 4) is 22.6 Å². The second-order valence-corrected chi connectivity index (χ2v) is 8.16. The number of hydrogen-bond donors (Lipinski definition) is 2. The number of phenols is 2. The highest BCUT2D eigenvalue weighted by Crippen LogP contribution is 2.43. The Hall–Kier alpha value is -3.00. The summed E-state index contributed by atoms with van der Waals surface area (Å²) in [6.45, 7) is 4.35. The monoisotopic (exact) mass is 398 g/mol. The van der Waals surface area contributed by atoms with Gasteiger partial charge >= 0.3 is 0 Å². The molecule has 154 valence electrons. The van der Waals surface area contributed by atoms with E-state index in [1.807, 2.05) is 36.4 Å². The molecule has 0 saturated heterocycles. The second-order valence-electron chi connectivity index (χ2n) is 8.16. The third kappa shape index (κ3) is 3.63. The number of benzene rings is 4. The Morgan fingerprint density at radius 3 is 1.30 bits per heavy atom. The minimum absolute atomic E-state index is 0.400. The zero-order chi connectivity index (χ0) is 21.1. The van der Waals surface area contributed by atoms with Gasteiger partial charge in [0.15, 0.2) is 0 Å². The van der Waals surface area contributed by atoms with Crippen LogP contribution in [0.5, 0.6) is 11.5 Å². The molecule has 0 unspecified atom stereocenters. The highest BCUT2D eigenvalue weighted by atomic mass is 16.3. The standard InChI is InChI=1S/C28H30O2/c1-3-5-11-19-17-25(21-13-7-9-15-23(21)27(19)29)26-18-20(12-6-4-2)28(30)24-16-10-8-14-22(24)26/h7-10,13-18,29-30H,3-6,11-12H2,1-2H3. The Morgan fingerprint density at radius 2 is 0.933 bits per heavy atom. The minimum atomic E-state index is 0.400. The first-order chi connectivity index (χ1) is 14.7. The van der Waals surface area contributed by atoms with Crippen molar-refractivity contribution in [1.82, 2.24) is 0 Å². The van der Waals surface area contributed by atoms with Crippen molar-refractivity contribution in [3.05, 3.63) is 71.8 Å². The average molecular weight is 399 g/mol. The lowest BCUT2D eigenvalue weighted by Gasteiger charge is -2.17. The Labute approximate surface area is 178 Å². The number of aryl methyl sites for hydroxylation is 2. The summed E-state index contributed by atoms with van der Waals surface area (Å²) in [6.07, 6.45) is 5.99. The summed E-state index contributed by atoms with van der Waals surface area (Å²) >= 11 is 0. The summed E-state index contributed by atoms with van der Waals surface area (Å²) in [6, 6.07) is 20.5. The fraction of sp³-hybridized carbons (Fsp3) is 0.286. The van der Waals surface area contributed by atoms with Crippen LogP contribution in [0.1, 0.15) is 50.7 Å². The third-order valence-electron chi connectivity index (χ3n) is 6.08. The maximum atomic E-state index is 10.9. The number of aromatic hydroxyl groups is 2. The van der Waals surface area contributed by atoms with Gasteiger partial charge in [0, 0.05) is 10.8 Å². The van der Waals surface area contributed by atoms with E-state index >= 15 is 0 Å². The molecule has 0 aliphatic heterocycles. The van der Waals surface area contributed by atoms with Crippen LogP contribution in [0.15, 0.2) is 60.7 Å². The predicted octanol–water partition coefficient (Wildman–Crippen LogP) is 7.76. The van der Waals surface area contributed by atoms with Crippen LogP contribution in [0.25, 0.3) is 32.7 Å². The summed E-state index contributed by atoms with van der Waals surface area (Å²) in [5.74, 6) is 0.800. The molecule has 0 heterocycles. The van der Waals surface area contributed by atoms with E-state index < -0.39 is 0 Å². The maximum absolute atomic E-state index is 10.9. The molecule has 0 aliphatic rings. The summed E-state index contributed by atoms with van der Waals surface area (Å²) in [5.41, 5.74) is 4.25. The number of unbranched alkanes of at least 4 members (excludes halogenated alkanes) is 2. The highest BCUT2D eigenvalue weighted by molar-refractivity contribution is 6.09. The van der Waals surface area contributed by atoms with Crippen LogP contribution >= 0.6 is 0 Å². The molecule has 0 amide bonds. The van der Waals surface area contributed by atoms with Crippen molar-refractivity contribution in [2.24, 2.45) is 0 Å². The van der Waals surface area contributed by atoms with E-state index in [1.54, 1.807) is 0 Å². The smallest absolute Gasteiger partial charge is 0.126 e. The molecule has 0 saturated carbocycles. The van der Waals surface area contributed by atoms with Gasteiger partial charge in [-0.3, -0.25) is 0 Å². The van der Waals surface area contributed by atoms with Gasteiger partial charge < -0.3 is 10.2 Å². The van der Waals surface area contributed by atoms with Crippen molar-refractivity contribution in [3.63, 3.8) is 0 Å². The van der Waals surface area contributed by atoms with Crippen molar-refractivity contribution in [2.45, 2.75) is 52.4 Å². The first kappa shape index (κ1) is 20.3. The topological polar surface area (TPSA) is 40.5 Å². The maximum Gasteiger partial charge on any atom is 0.126 e. The van der Waals surface area contributed by atoms with Crippen molar-refractivity contribution in [2.75, 3.05) is 0 Å². The van der Waals surface area contributed by atoms with Gasteiger partial charge in [-0.2, -0.15) is 0 Å². The van der Waals surface area contributed by atoms with Crippen molar-refractivity contribution >= 4 is 21.5 Å². The van der Waals surface area contributed by atoms with Gasteiger partial charge in [0.2, 0.25) is 0 Å². The molecule has 0 radical (unpaired) electrons. The molecule has 2 heteroatoms. The van der Waals surface area contributed by atoms with E-state index in [4.69, 9.17) is 0 Å². The molecule has 0 aromatic heterocycles. The lowest BCUT2D eigenvalue weighted by Crippen LogP contribution is -1.94. The molecule has 4 aromatic rings. The van der Waals surface area contributed by atoms with Crippen LogP contribution in [0.2, 0.25) is 0 Å². The molecule has 0 bridgehead atoms. The van der Waals surface area contributed by atoms with E-state index in [9.17, 15) is 10.2 Å². The minimum Gasteiger partial charge on any atom is -0.507 e. The van der Waals surface area contributed by atoms with Crippen molar-refractivity contribution in [1.29, 1.82) is 0 Å². The third-order valence-corrected chi connectivity index (χ3v) is 6.08. The largest absolute Gasteiger partial charge is 0.507 e. The van der Waals surface area contributed by atoms with E-state index in [2.05, 4.69) is 38.1 Å². The zero-order valence-electron chi connectivity index (χ0n) is 17.9. The highest BCUT2D eigenvalue weighted by Gasteiger charge is 2.17. The van der Waals surface area contributed by atoms with Gasteiger partial charge in [0.25, 0.3) is 0 Å². The Kier molecular flexibility index (Phi) is 5.94. The molecule has 0 spiro atoms. The molecular formula is C28H30O2. The van der Waals surface area contributed by atoms with Gasteiger partial charge in [-0.05, 0) is 70.8 Å². The van der Waals surface area contributed by atoms with E-state index in [1.165, 1.54) is 0 Å².